The van der Waals surface area contributed by atoms with Crippen LogP contribution in [-0.4, -0.2) is 18.1 Å². The van der Waals surface area contributed by atoms with Gasteiger partial charge in [0.05, 0.1) is 6.61 Å². The van der Waals surface area contributed by atoms with E-state index in [1.165, 1.54) is 32.1 Å². The first-order valence-corrected chi connectivity index (χ1v) is 5.96. The van der Waals surface area contributed by atoms with Gasteiger partial charge in [-0.25, -0.2) is 0 Å². The molecule has 0 saturated heterocycles. The Morgan fingerprint density at radius 3 is 2.38 bits per heavy atom. The molecule has 0 aromatic rings. The number of hydrogen-bond donors (Lipinski definition) is 1. The third kappa shape index (κ3) is 5.71. The Hall–Kier alpha value is -0.280. The maximum absolute atomic E-state index is 11.4. The summed E-state index contributed by atoms with van der Waals surface area (Å²) >= 11 is 0. The van der Waals surface area contributed by atoms with E-state index in [2.05, 4.69) is 0 Å². The summed E-state index contributed by atoms with van der Waals surface area (Å²) in [6, 6.07) is 0. The maximum atomic E-state index is 11.4. The Balaban J connectivity index is 0.00000225. The van der Waals surface area contributed by atoms with Gasteiger partial charge in [-0.05, 0) is 26.2 Å². The summed E-state index contributed by atoms with van der Waals surface area (Å²) in [7, 11) is 0. The van der Waals surface area contributed by atoms with E-state index in [-0.39, 0.29) is 18.4 Å². The van der Waals surface area contributed by atoms with Crippen LogP contribution in [0.4, 0.5) is 0 Å². The van der Waals surface area contributed by atoms with Crippen LogP contribution in [0.25, 0.3) is 0 Å². The molecule has 1 saturated carbocycles. The second-order valence-corrected chi connectivity index (χ2v) is 5.15. The van der Waals surface area contributed by atoms with Crippen molar-refractivity contribution in [3.63, 3.8) is 0 Å². The lowest BCUT2D eigenvalue weighted by atomic mass is 9.87. The summed E-state index contributed by atoms with van der Waals surface area (Å²) in [5.74, 6) is 0.464. The molecular formula is C12H24ClNO2. The Morgan fingerprint density at radius 2 is 1.88 bits per heavy atom. The lowest BCUT2D eigenvalue weighted by molar-refractivity contribution is -0.149. The zero-order valence-electron chi connectivity index (χ0n) is 10.3. The van der Waals surface area contributed by atoms with Crippen LogP contribution in [0.5, 0.6) is 0 Å². The summed E-state index contributed by atoms with van der Waals surface area (Å²) in [5.41, 5.74) is 4.77. The van der Waals surface area contributed by atoms with Crippen LogP contribution in [0.15, 0.2) is 0 Å². The number of esters is 1. The highest BCUT2D eigenvalue weighted by Gasteiger charge is 2.24. The minimum Gasteiger partial charge on any atom is -0.464 e. The Kier molecular flexibility index (Phi) is 7.00. The number of ether oxygens (including phenoxy) is 1. The van der Waals surface area contributed by atoms with Gasteiger partial charge in [0, 0.05) is 0 Å². The third-order valence-corrected chi connectivity index (χ3v) is 3.01. The highest BCUT2D eigenvalue weighted by molar-refractivity contribution is 5.85. The van der Waals surface area contributed by atoms with E-state index >= 15 is 0 Å². The summed E-state index contributed by atoms with van der Waals surface area (Å²) < 4.78 is 5.15. The molecule has 4 heteroatoms. The smallest absolute Gasteiger partial charge is 0.325 e. The standard InChI is InChI=1S/C12H23NO2.ClH/c1-12(2,13)11(14)15-9-8-10-6-4-3-5-7-10;/h10H,3-9,13H2,1-2H3;1H. The molecule has 0 spiro atoms. The number of nitrogens with two attached hydrogens (primary N) is 1. The molecule has 0 radical (unpaired) electrons. The van der Waals surface area contributed by atoms with E-state index in [0.29, 0.717) is 6.61 Å². The predicted octanol–water partition coefficient (Wildman–Crippen LogP) is 2.66. The highest BCUT2D eigenvalue weighted by Crippen LogP contribution is 2.26. The van der Waals surface area contributed by atoms with Gasteiger partial charge in [0.15, 0.2) is 0 Å². The van der Waals surface area contributed by atoms with E-state index in [4.69, 9.17) is 10.5 Å². The number of carbonyl (C=O) groups is 1. The van der Waals surface area contributed by atoms with Gasteiger partial charge in [0.25, 0.3) is 0 Å². The van der Waals surface area contributed by atoms with Crippen LogP contribution in [0.1, 0.15) is 52.4 Å². The van der Waals surface area contributed by atoms with Gasteiger partial charge >= 0.3 is 5.97 Å². The van der Waals surface area contributed by atoms with Crippen molar-refractivity contribution in [2.24, 2.45) is 11.7 Å². The van der Waals surface area contributed by atoms with Crippen molar-refractivity contribution in [3.05, 3.63) is 0 Å². The lowest BCUT2D eigenvalue weighted by Crippen LogP contribution is -2.43. The summed E-state index contributed by atoms with van der Waals surface area (Å²) in [5, 5.41) is 0. The molecule has 0 bridgehead atoms. The number of rotatable bonds is 4. The van der Waals surface area contributed by atoms with Gasteiger partial charge < -0.3 is 10.5 Å². The van der Waals surface area contributed by atoms with Crippen LogP contribution in [-0.2, 0) is 9.53 Å². The first kappa shape index (κ1) is 15.7. The SMILES string of the molecule is CC(C)(N)C(=O)OCCC1CCCCC1.Cl. The maximum Gasteiger partial charge on any atom is 0.325 e. The molecule has 0 atom stereocenters. The van der Waals surface area contributed by atoms with E-state index < -0.39 is 5.54 Å². The van der Waals surface area contributed by atoms with Crippen LogP contribution >= 0.6 is 12.4 Å². The van der Waals surface area contributed by atoms with E-state index in [9.17, 15) is 4.79 Å². The minimum absolute atomic E-state index is 0. The largest absolute Gasteiger partial charge is 0.464 e. The van der Waals surface area contributed by atoms with E-state index in [1.807, 2.05) is 0 Å². The minimum atomic E-state index is -0.855. The van der Waals surface area contributed by atoms with E-state index in [1.54, 1.807) is 13.8 Å². The zero-order chi connectivity index (χ0) is 11.3. The third-order valence-electron chi connectivity index (χ3n) is 3.01. The van der Waals surface area contributed by atoms with Gasteiger partial charge in [-0.2, -0.15) is 0 Å². The van der Waals surface area contributed by atoms with Crippen molar-refractivity contribution in [1.82, 2.24) is 0 Å². The van der Waals surface area contributed by atoms with E-state index in [0.717, 1.165) is 12.3 Å². The number of halogens is 1. The molecule has 1 rings (SSSR count). The van der Waals surface area contributed by atoms with Crippen LogP contribution in [0, 0.1) is 5.92 Å². The molecule has 1 fully saturated rings. The molecule has 16 heavy (non-hydrogen) atoms. The second kappa shape index (κ2) is 7.13. The summed E-state index contributed by atoms with van der Waals surface area (Å²) in [6.07, 6.45) is 7.63. The summed E-state index contributed by atoms with van der Waals surface area (Å²) in [4.78, 5) is 11.4. The molecule has 0 aromatic carbocycles. The van der Waals surface area contributed by atoms with Gasteiger partial charge in [-0.3, -0.25) is 4.79 Å². The molecule has 0 unspecified atom stereocenters. The van der Waals surface area contributed by atoms with Crippen molar-refractivity contribution in [2.45, 2.75) is 57.9 Å². The molecule has 96 valence electrons. The van der Waals surface area contributed by atoms with Gasteiger partial charge in [-0.1, -0.05) is 32.1 Å². The molecular weight excluding hydrogens is 226 g/mol. The Bertz CT molecular complexity index is 208. The first-order chi connectivity index (χ1) is 7.00. The Labute approximate surface area is 105 Å². The van der Waals surface area contributed by atoms with Crippen molar-refractivity contribution < 1.29 is 9.53 Å². The molecule has 0 aromatic heterocycles. The molecule has 0 amide bonds. The van der Waals surface area contributed by atoms with Crippen molar-refractivity contribution in [2.75, 3.05) is 6.61 Å². The number of carbonyl (C=O) groups excluding carboxylic acids is 1. The molecule has 1 aliphatic carbocycles. The topological polar surface area (TPSA) is 52.3 Å². The second-order valence-electron chi connectivity index (χ2n) is 5.15. The molecule has 2 N–H and O–H groups in total. The average Bonchev–Trinajstić information content (AvgIpc) is 2.18. The van der Waals surface area contributed by atoms with Crippen molar-refractivity contribution >= 4 is 18.4 Å². The quantitative estimate of drug-likeness (QED) is 0.780. The number of hydrogen-bond acceptors (Lipinski definition) is 3. The fourth-order valence-electron chi connectivity index (χ4n) is 1.98. The molecule has 0 heterocycles. The lowest BCUT2D eigenvalue weighted by Gasteiger charge is -2.22. The fraction of sp³-hybridized carbons (Fsp3) is 0.917. The first-order valence-electron chi connectivity index (χ1n) is 5.96. The zero-order valence-corrected chi connectivity index (χ0v) is 11.1. The average molecular weight is 250 g/mol. The predicted molar refractivity (Wildman–Crippen MR) is 67.7 cm³/mol. The summed E-state index contributed by atoms with van der Waals surface area (Å²) in [6.45, 7) is 3.88. The normalized spacial score (nSPS) is 17.7. The van der Waals surface area contributed by atoms with Crippen LogP contribution in [0.3, 0.4) is 0 Å². The fourth-order valence-corrected chi connectivity index (χ4v) is 1.98. The molecule has 3 nitrogen and oxygen atoms in total. The van der Waals surface area contributed by atoms with Gasteiger partial charge in [0.1, 0.15) is 5.54 Å². The Morgan fingerprint density at radius 1 is 1.31 bits per heavy atom. The van der Waals surface area contributed by atoms with Crippen LogP contribution in [0.2, 0.25) is 0 Å². The van der Waals surface area contributed by atoms with Gasteiger partial charge in [0.2, 0.25) is 0 Å². The monoisotopic (exact) mass is 249 g/mol. The van der Waals surface area contributed by atoms with Crippen LogP contribution < -0.4 is 5.73 Å². The highest BCUT2D eigenvalue weighted by atomic mass is 35.5. The molecule has 1 aliphatic rings. The van der Waals surface area contributed by atoms with Crippen molar-refractivity contribution in [3.8, 4) is 0 Å². The van der Waals surface area contributed by atoms with Gasteiger partial charge in [-0.15, -0.1) is 12.4 Å². The molecule has 0 aliphatic heterocycles. The van der Waals surface area contributed by atoms with Crippen molar-refractivity contribution in [1.29, 1.82) is 0 Å².